The number of benzene rings is 1. The lowest BCUT2D eigenvalue weighted by molar-refractivity contribution is 0.139. The summed E-state index contributed by atoms with van der Waals surface area (Å²) in [5, 5.41) is 9.43. The summed E-state index contributed by atoms with van der Waals surface area (Å²) in [5.41, 5.74) is 7.62. The maximum absolute atomic E-state index is 13.3. The number of hydrogen-bond acceptors (Lipinski definition) is 6. The molecule has 27 heavy (non-hydrogen) atoms. The van der Waals surface area contributed by atoms with Gasteiger partial charge in [-0.25, -0.2) is 9.79 Å². The average Bonchev–Trinajstić information content (AvgIpc) is 2.70. The molecule has 0 radical (unpaired) electrons. The number of nitrogens with zero attached hydrogens (tertiary/aromatic N) is 5. The summed E-state index contributed by atoms with van der Waals surface area (Å²) in [7, 11) is 0. The Balaban J connectivity index is 1.68. The number of carbonyl (C=O) groups is 1. The lowest BCUT2D eigenvalue weighted by Gasteiger charge is -2.45. The summed E-state index contributed by atoms with van der Waals surface area (Å²) in [6, 6.07) is 9.75. The fourth-order valence-electron chi connectivity index (χ4n) is 3.88. The normalized spacial score (nSPS) is 25.7. The molecule has 2 saturated heterocycles. The summed E-state index contributed by atoms with van der Waals surface area (Å²) in [6.45, 7) is 2.63. The van der Waals surface area contributed by atoms with Gasteiger partial charge in [0.25, 0.3) is 0 Å². The van der Waals surface area contributed by atoms with Gasteiger partial charge in [-0.3, -0.25) is 4.90 Å². The average molecular weight is 385 g/mol. The van der Waals surface area contributed by atoms with E-state index in [1.807, 2.05) is 34.9 Å². The van der Waals surface area contributed by atoms with Crippen LogP contribution in [-0.4, -0.2) is 70.0 Å². The monoisotopic (exact) mass is 384 g/mol. The minimum Gasteiger partial charge on any atom is -0.341 e. The Morgan fingerprint density at radius 2 is 2.19 bits per heavy atom. The first kappa shape index (κ1) is 18.1. The van der Waals surface area contributed by atoms with Crippen molar-refractivity contribution in [2.45, 2.75) is 31.6 Å². The summed E-state index contributed by atoms with van der Waals surface area (Å²) >= 11 is 1.84. The topological polar surface area (TPSA) is 89.0 Å². The van der Waals surface area contributed by atoms with E-state index in [4.69, 9.17) is 10.7 Å². The molecule has 2 atom stereocenters. The second kappa shape index (κ2) is 7.79. The van der Waals surface area contributed by atoms with Crippen molar-refractivity contribution in [1.82, 2.24) is 14.7 Å². The Morgan fingerprint density at radius 3 is 3.00 bits per heavy atom. The number of fused-ring (bicyclic) bond motifs is 1. The Labute approximate surface area is 163 Å². The Bertz CT molecular complexity index is 791. The maximum Gasteiger partial charge on any atom is 0.328 e. The van der Waals surface area contributed by atoms with Gasteiger partial charge >= 0.3 is 6.03 Å². The van der Waals surface area contributed by atoms with Gasteiger partial charge < -0.3 is 15.5 Å². The number of hydrogen-bond donors (Lipinski definition) is 1. The number of amides is 2. The molecule has 7 nitrogen and oxygen atoms in total. The van der Waals surface area contributed by atoms with E-state index in [-0.39, 0.29) is 18.2 Å². The zero-order chi connectivity index (χ0) is 18.8. The molecular weight excluding hydrogens is 360 g/mol. The van der Waals surface area contributed by atoms with E-state index in [9.17, 15) is 10.1 Å². The number of thioether (sulfide) groups is 1. The van der Waals surface area contributed by atoms with Gasteiger partial charge in [0, 0.05) is 37.2 Å². The second-order valence-corrected chi connectivity index (χ2v) is 8.31. The zero-order valence-corrected chi connectivity index (χ0v) is 16.1. The minimum absolute atomic E-state index is 0.0165. The lowest BCUT2D eigenvalue weighted by atomic mass is 10.1. The van der Waals surface area contributed by atoms with E-state index in [2.05, 4.69) is 11.0 Å². The maximum atomic E-state index is 13.3. The number of carbonyl (C=O) groups excluding carboxylic acids is 1. The molecule has 8 heteroatoms. The van der Waals surface area contributed by atoms with Crippen molar-refractivity contribution >= 4 is 23.8 Å². The molecule has 2 N–H and O–H groups in total. The number of urea groups is 1. The summed E-state index contributed by atoms with van der Waals surface area (Å²) in [6.07, 6.45) is 1.90. The molecule has 0 saturated carbocycles. The Hall–Kier alpha value is -2.24. The van der Waals surface area contributed by atoms with Crippen molar-refractivity contribution < 1.29 is 4.79 Å². The molecule has 3 aliphatic heterocycles. The quantitative estimate of drug-likeness (QED) is 0.837. The van der Waals surface area contributed by atoms with Gasteiger partial charge in [0.1, 0.15) is 6.17 Å². The van der Waals surface area contributed by atoms with E-state index in [1.54, 1.807) is 11.0 Å². The molecule has 1 aromatic carbocycles. The Morgan fingerprint density at radius 1 is 1.33 bits per heavy atom. The first-order chi connectivity index (χ1) is 13.2. The summed E-state index contributed by atoms with van der Waals surface area (Å²) in [4.78, 5) is 24.0. The third-order valence-electron chi connectivity index (χ3n) is 5.29. The van der Waals surface area contributed by atoms with Crippen LogP contribution in [0.25, 0.3) is 0 Å². The molecule has 4 rings (SSSR count). The van der Waals surface area contributed by atoms with Crippen LogP contribution in [0, 0.1) is 11.3 Å². The van der Waals surface area contributed by atoms with Gasteiger partial charge in [-0.2, -0.15) is 17.0 Å². The van der Waals surface area contributed by atoms with Crippen LogP contribution in [0.3, 0.4) is 0 Å². The number of piperidine rings is 1. The van der Waals surface area contributed by atoms with Crippen LogP contribution in [0.2, 0.25) is 0 Å². The van der Waals surface area contributed by atoms with Crippen molar-refractivity contribution in [2.24, 2.45) is 10.7 Å². The first-order valence-electron chi connectivity index (χ1n) is 9.39. The zero-order valence-electron chi connectivity index (χ0n) is 15.3. The third kappa shape index (κ3) is 3.62. The fourth-order valence-corrected chi connectivity index (χ4v) is 4.84. The van der Waals surface area contributed by atoms with Crippen LogP contribution < -0.4 is 5.73 Å². The summed E-state index contributed by atoms with van der Waals surface area (Å²) in [5.74, 6) is 2.48. The lowest BCUT2D eigenvalue weighted by Crippen LogP contribution is -2.62. The van der Waals surface area contributed by atoms with Gasteiger partial charge in [-0.1, -0.05) is 18.2 Å². The smallest absolute Gasteiger partial charge is 0.328 e. The number of likely N-dealkylation sites (tertiary alicyclic amines) is 1. The molecule has 0 bridgehead atoms. The van der Waals surface area contributed by atoms with E-state index < -0.39 is 0 Å². The van der Waals surface area contributed by atoms with E-state index in [1.165, 1.54) is 0 Å². The van der Waals surface area contributed by atoms with E-state index >= 15 is 0 Å². The molecule has 3 aliphatic rings. The van der Waals surface area contributed by atoms with E-state index in [0.717, 1.165) is 36.5 Å². The molecule has 2 amide bonds. The summed E-state index contributed by atoms with van der Waals surface area (Å²) < 4.78 is 0. The molecular formula is C19H24N6OS. The number of aliphatic imine (C=N–C) groups is 1. The van der Waals surface area contributed by atoms with Gasteiger partial charge in [-0.15, -0.1) is 0 Å². The van der Waals surface area contributed by atoms with Crippen LogP contribution >= 0.6 is 11.8 Å². The number of guanidine groups is 1. The van der Waals surface area contributed by atoms with Crippen molar-refractivity contribution in [3.63, 3.8) is 0 Å². The molecule has 0 aromatic heterocycles. The third-order valence-corrected chi connectivity index (χ3v) is 6.30. The van der Waals surface area contributed by atoms with Crippen LogP contribution in [0.15, 0.2) is 29.3 Å². The van der Waals surface area contributed by atoms with Crippen LogP contribution in [0.1, 0.15) is 24.0 Å². The van der Waals surface area contributed by atoms with Crippen LogP contribution in [0.5, 0.6) is 0 Å². The van der Waals surface area contributed by atoms with Gasteiger partial charge in [-0.05, 0) is 24.5 Å². The number of nitriles is 1. The predicted octanol–water partition coefficient (Wildman–Crippen LogP) is 1.65. The molecule has 1 aromatic rings. The molecule has 3 heterocycles. The molecule has 0 spiro atoms. The molecule has 1 unspecified atom stereocenters. The fraction of sp³-hybridized carbons (Fsp3) is 0.526. The first-order valence-corrected chi connectivity index (χ1v) is 10.5. The molecule has 0 aliphatic carbocycles. The number of nitrogens with two attached hydrogens (primary N) is 1. The van der Waals surface area contributed by atoms with Crippen LogP contribution in [0.4, 0.5) is 4.79 Å². The highest BCUT2D eigenvalue weighted by Crippen LogP contribution is 2.27. The standard InChI is InChI=1S/C19H24N6OS/c20-10-14-4-1-2-5-15(14)11-25-18(23-7-3-6-16(21)12-23)22-17-13-27-9-8-24(17)19(25)26/h1-2,4-5,16-17H,3,6-9,11-13,21H2/t16-,17?/m1/s1. The highest BCUT2D eigenvalue weighted by molar-refractivity contribution is 7.99. The predicted molar refractivity (Wildman–Crippen MR) is 106 cm³/mol. The number of rotatable bonds is 2. The Kier molecular flexibility index (Phi) is 5.23. The minimum atomic E-state index is -0.105. The van der Waals surface area contributed by atoms with E-state index in [0.29, 0.717) is 31.2 Å². The molecule has 2 fully saturated rings. The van der Waals surface area contributed by atoms with Crippen LogP contribution in [-0.2, 0) is 6.54 Å². The highest BCUT2D eigenvalue weighted by Gasteiger charge is 2.39. The SMILES string of the molecule is N#Cc1ccccc1CN1C(=O)N2CCSCC2N=C1N1CCC[C@@H](N)C1. The van der Waals surface area contributed by atoms with Gasteiger partial charge in [0.2, 0.25) is 5.96 Å². The second-order valence-electron chi connectivity index (χ2n) is 7.16. The van der Waals surface area contributed by atoms with Crippen molar-refractivity contribution in [1.29, 1.82) is 5.26 Å². The van der Waals surface area contributed by atoms with Gasteiger partial charge in [0.15, 0.2) is 0 Å². The van der Waals surface area contributed by atoms with Gasteiger partial charge in [0.05, 0.1) is 18.2 Å². The van der Waals surface area contributed by atoms with Crippen molar-refractivity contribution in [3.05, 3.63) is 35.4 Å². The molecule has 142 valence electrons. The largest absolute Gasteiger partial charge is 0.341 e. The van der Waals surface area contributed by atoms with Crippen molar-refractivity contribution in [3.8, 4) is 6.07 Å². The van der Waals surface area contributed by atoms with Crippen molar-refractivity contribution in [2.75, 3.05) is 31.1 Å². The highest BCUT2D eigenvalue weighted by atomic mass is 32.2.